The number of nitrogens with two attached hydrogens (primary N) is 3. The summed E-state index contributed by atoms with van der Waals surface area (Å²) in [7, 11) is 0. The number of hydrogen-bond acceptors (Lipinski definition) is 26. The van der Waals surface area contributed by atoms with Crippen molar-refractivity contribution in [2.45, 2.75) is 114 Å². The predicted octanol–water partition coefficient (Wildman–Crippen LogP) is 4.31. The molecule has 0 radical (unpaired) electrons. The maximum atomic E-state index is 13.0. The Kier molecular flexibility index (Phi) is 56.6. The number of Topliss-reactive ketones (excluding diaryl/α,β-unsaturated/α-hetero) is 6. The zero-order valence-electron chi connectivity index (χ0n) is 72.9. The molecule has 0 spiro atoms. The number of carbonyl (C=O) groups excluding carboxylic acids is 19. The number of nitrogens with zero attached hydrogens (tertiary/aromatic N) is 1. The molecule has 710 valence electrons. The summed E-state index contributed by atoms with van der Waals surface area (Å²) < 4.78 is 43.8. The van der Waals surface area contributed by atoms with Crippen molar-refractivity contribution in [3.8, 4) is 5.75 Å². The standard InChI is InChI=1S/C11H13NO3.C11H13NO2.C10H10BrNO2.C10H10ClNO2.C10H10FNO2.C10H11N3O4.C10H10N2O4.2C9H10FN3O2/c1-8(14)11(15)12-6-9-2-4-10(7-13)5-3-9;1-8-3-5-10(6-4-8)7-12-11(14)9(2)13;3*1-7(13)10(14)12-6-8-2-4-9(11)5-3-8;11-13-10(16)9(15)12-5-7-1-3-8(4-2-7)17-6-14;1-7(13)10(14)11-6-8-2-4-9(5-3-8)12(15)16;10-7-3-1-2-6(4-7)5-12-8(14)9(15)13-11;10-7-4-2-1-3-6(7)5-12-8(14)9(15)13-11/h2-5,13H,6-7H2,1H3,(H,12,15);3-6H,7H2,1-2H3,(H,12,14);3*2-5H,6H2,1H3,(H,12,14);1-4,6H,5,11H2,(H,12,15)(H,13,16);2-5H,6H2,1H3,(H,11,14);2*1-4H,5,11H2,(H,12,14)(H,13,15). The highest BCUT2D eigenvalue weighted by molar-refractivity contribution is 9.10. The lowest BCUT2D eigenvalue weighted by Gasteiger charge is -2.04. The van der Waals surface area contributed by atoms with Crippen LogP contribution in [0.4, 0.5) is 18.9 Å². The van der Waals surface area contributed by atoms with E-state index < -0.39 is 122 Å². The van der Waals surface area contributed by atoms with Gasteiger partial charge in [0.2, 0.25) is 34.7 Å². The Hall–Kier alpha value is -16.1. The van der Waals surface area contributed by atoms with Gasteiger partial charge < -0.3 is 57.7 Å². The van der Waals surface area contributed by atoms with Crippen molar-refractivity contribution >= 4 is 145 Å². The number of aliphatic hydroxyl groups excluding tert-OH is 1. The number of ether oxygens (including phenoxy) is 1. The Morgan fingerprint density at radius 2 is 0.642 bits per heavy atom. The fourth-order valence-corrected chi connectivity index (χ4v) is 9.25. The summed E-state index contributed by atoms with van der Waals surface area (Å²) in [6.07, 6.45) is 0. The van der Waals surface area contributed by atoms with Crippen LogP contribution in [-0.2, 0) is 157 Å². The van der Waals surface area contributed by atoms with Crippen LogP contribution in [0.3, 0.4) is 0 Å². The van der Waals surface area contributed by atoms with Gasteiger partial charge in [-0.05, 0) is 124 Å². The molecule has 0 aliphatic carbocycles. The number of hydrazine groups is 3. The summed E-state index contributed by atoms with van der Waals surface area (Å²) in [4.78, 5) is 214. The molecule has 9 aromatic rings. The number of aryl methyl sites for hydroxylation is 1. The van der Waals surface area contributed by atoms with Crippen molar-refractivity contribution in [3.05, 3.63) is 317 Å². The average molecular weight is 1940 g/mol. The minimum atomic E-state index is -0.966. The summed E-state index contributed by atoms with van der Waals surface area (Å²) in [6.45, 7) is 11.7. The molecule has 0 fully saturated rings. The molecule has 0 unspecified atom stereocenters. The van der Waals surface area contributed by atoms with E-state index in [0.717, 1.165) is 43.4 Å². The zero-order chi connectivity index (χ0) is 101. The molecule has 0 atom stereocenters. The fourth-order valence-electron chi connectivity index (χ4n) is 8.86. The van der Waals surface area contributed by atoms with Crippen LogP contribution < -0.4 is 86.4 Å². The monoisotopic (exact) mass is 1940 g/mol. The third-order valence-corrected chi connectivity index (χ3v) is 16.9. The van der Waals surface area contributed by atoms with E-state index in [0.29, 0.717) is 60.1 Å². The lowest BCUT2D eigenvalue weighted by atomic mass is 10.1. The highest BCUT2D eigenvalue weighted by Gasteiger charge is 2.17. The van der Waals surface area contributed by atoms with E-state index in [4.69, 9.17) is 34.2 Å². The van der Waals surface area contributed by atoms with Gasteiger partial charge in [-0.2, -0.15) is 0 Å². The Morgan fingerprint density at radius 3 is 0.955 bits per heavy atom. The molecule has 0 aromatic heterocycles. The number of rotatable bonds is 28. The van der Waals surface area contributed by atoms with Gasteiger partial charge in [-0.25, -0.2) is 30.7 Å². The summed E-state index contributed by atoms with van der Waals surface area (Å²) in [5.74, 6) is 1.55. The van der Waals surface area contributed by atoms with E-state index >= 15 is 0 Å². The number of halogens is 5. The van der Waals surface area contributed by atoms with Crippen LogP contribution >= 0.6 is 27.5 Å². The number of hydrogen-bond donors (Lipinski definition) is 16. The smallest absolute Gasteiger partial charge is 0.323 e. The molecule has 0 aliphatic rings. The molecule has 0 saturated heterocycles. The lowest BCUT2D eigenvalue weighted by molar-refractivity contribution is -0.384. The van der Waals surface area contributed by atoms with Crippen LogP contribution in [-0.4, -0.2) is 122 Å². The predicted molar refractivity (Wildman–Crippen MR) is 482 cm³/mol. The molecule has 12 amide bonds. The molecule has 19 N–H and O–H groups in total. The molecule has 9 aromatic carbocycles. The number of carbonyl (C=O) groups is 19. The molecule has 0 heterocycles. The molecular weight excluding hydrogens is 1850 g/mol. The normalized spacial score (nSPS) is 9.52. The summed E-state index contributed by atoms with van der Waals surface area (Å²) in [5, 5.41) is 41.5. The number of nitrogens with one attached hydrogen (secondary N) is 12. The van der Waals surface area contributed by atoms with Crippen LogP contribution in [0.25, 0.3) is 0 Å². The minimum absolute atomic E-state index is 0.0000844. The van der Waals surface area contributed by atoms with E-state index in [2.05, 4.69) is 68.5 Å². The Morgan fingerprint density at radius 1 is 0.358 bits per heavy atom. The van der Waals surface area contributed by atoms with Crippen molar-refractivity contribution in [2.75, 3.05) is 0 Å². The Bertz CT molecular complexity index is 5190. The van der Waals surface area contributed by atoms with Gasteiger partial charge >= 0.3 is 35.4 Å². The van der Waals surface area contributed by atoms with E-state index in [1.165, 1.54) is 120 Å². The van der Waals surface area contributed by atoms with Crippen LogP contribution in [0, 0.1) is 34.5 Å². The molecule has 39 nitrogen and oxygen atoms in total. The van der Waals surface area contributed by atoms with Crippen molar-refractivity contribution in [3.63, 3.8) is 0 Å². The summed E-state index contributed by atoms with van der Waals surface area (Å²) in [5.41, 5.74) is 13.9. The number of nitro benzene ring substituents is 1. The highest BCUT2D eigenvalue weighted by Crippen LogP contribution is 2.16. The minimum Gasteiger partial charge on any atom is -0.429 e. The lowest BCUT2D eigenvalue weighted by Crippen LogP contribution is -2.42. The quantitative estimate of drug-likeness (QED) is 0.00811. The molecular formula is C90H97BrClF3N16O23. The topological polar surface area (TPSA) is 619 Å². The molecule has 134 heavy (non-hydrogen) atoms. The number of benzene rings is 9. The molecule has 0 bridgehead atoms. The Labute approximate surface area is 778 Å². The maximum absolute atomic E-state index is 13.0. The SMILES string of the molecule is CC(=O)C(=O)NCc1ccc(Br)cc1.CC(=O)C(=O)NCc1ccc(C)cc1.CC(=O)C(=O)NCc1ccc(CO)cc1.CC(=O)C(=O)NCc1ccc(Cl)cc1.CC(=O)C(=O)NCc1ccc(F)cc1.CC(=O)C(=O)NCc1ccc([N+](=O)[O-])cc1.NNC(=O)C(=O)NCc1ccc(OC=O)cc1.NNC(=O)C(=O)NCc1cccc(F)c1.NNC(=O)C(=O)NCc1ccccc1F. The first-order valence-electron chi connectivity index (χ1n) is 38.9. The van der Waals surface area contributed by atoms with E-state index in [9.17, 15) is 114 Å². The van der Waals surface area contributed by atoms with Crippen LogP contribution in [0.5, 0.6) is 5.75 Å². The van der Waals surface area contributed by atoms with E-state index in [1.54, 1.807) is 113 Å². The summed E-state index contributed by atoms with van der Waals surface area (Å²) >= 11 is 8.99. The molecule has 0 aliphatic heterocycles. The van der Waals surface area contributed by atoms with Gasteiger partial charge in [-0.3, -0.25) is 117 Å². The van der Waals surface area contributed by atoms with Gasteiger partial charge in [-0.1, -0.05) is 173 Å². The second-order valence-electron chi connectivity index (χ2n) is 26.7. The van der Waals surface area contributed by atoms with Gasteiger partial charge in [0.25, 0.3) is 47.6 Å². The van der Waals surface area contributed by atoms with Gasteiger partial charge in [0.1, 0.15) is 23.2 Å². The Balaban J connectivity index is 0.000000754. The number of nitro groups is 1. The van der Waals surface area contributed by atoms with Gasteiger partial charge in [0.05, 0.1) is 11.5 Å². The number of amides is 12. The fraction of sp³-hybridized carbons (Fsp3) is 0.189. The largest absolute Gasteiger partial charge is 0.429 e. The van der Waals surface area contributed by atoms with Crippen LogP contribution in [0.15, 0.2) is 223 Å². The molecule has 0 saturated carbocycles. The first-order chi connectivity index (χ1) is 63.4. The van der Waals surface area contributed by atoms with Crippen LogP contribution in [0.1, 0.15) is 103 Å². The number of ketones is 6. The molecule has 9 rings (SSSR count). The molecule has 44 heteroatoms. The summed E-state index contributed by atoms with van der Waals surface area (Å²) in [6, 6.07) is 59.0. The van der Waals surface area contributed by atoms with E-state index in [1.807, 2.05) is 55.5 Å². The first kappa shape index (κ1) is 116. The first-order valence-corrected chi connectivity index (χ1v) is 40.1. The van der Waals surface area contributed by atoms with E-state index in [-0.39, 0.29) is 50.8 Å². The van der Waals surface area contributed by atoms with Crippen LogP contribution in [0.2, 0.25) is 5.02 Å². The van der Waals surface area contributed by atoms with Crippen molar-refractivity contribution in [1.82, 2.24) is 64.1 Å². The highest BCUT2D eigenvalue weighted by atomic mass is 79.9. The van der Waals surface area contributed by atoms with Crippen molar-refractivity contribution in [2.24, 2.45) is 17.5 Å². The third kappa shape index (κ3) is 52.4. The van der Waals surface area contributed by atoms with Gasteiger partial charge in [0.15, 0.2) is 0 Å². The van der Waals surface area contributed by atoms with Crippen molar-refractivity contribution in [1.29, 1.82) is 0 Å². The van der Waals surface area contributed by atoms with Gasteiger partial charge in [0, 0.05) is 128 Å². The third-order valence-electron chi connectivity index (χ3n) is 16.2. The number of non-ortho nitro benzene ring substituents is 1. The zero-order valence-corrected chi connectivity index (χ0v) is 75.3. The second-order valence-corrected chi connectivity index (χ2v) is 28.1. The average Bonchev–Trinajstić information content (AvgIpc) is 0.910. The van der Waals surface area contributed by atoms with Gasteiger partial charge in [-0.15, -0.1) is 0 Å². The second kappa shape index (κ2) is 65.5. The maximum Gasteiger partial charge on any atom is 0.323 e. The van der Waals surface area contributed by atoms with Crippen molar-refractivity contribution < 1.29 is 119 Å². The number of aliphatic hydroxyl groups is 1.